The number of hydrogen-bond acceptors (Lipinski definition) is 9. The molecule has 0 saturated carbocycles. The maximum atomic E-state index is 12.0. The number of anilines is 4. The van der Waals surface area contributed by atoms with Gasteiger partial charge >= 0.3 is 0 Å². The van der Waals surface area contributed by atoms with Gasteiger partial charge in [-0.05, 0) is 30.2 Å². The molecule has 0 fully saturated rings. The number of carbonyl (C=O) groups excluding carboxylic acids is 2. The lowest BCUT2D eigenvalue weighted by Gasteiger charge is -2.21. The predicted molar refractivity (Wildman–Crippen MR) is 120 cm³/mol. The minimum absolute atomic E-state index is 0.00228. The Morgan fingerprint density at radius 1 is 1.23 bits per heavy atom. The van der Waals surface area contributed by atoms with Crippen LogP contribution < -0.4 is 27.5 Å². The molecule has 0 bridgehead atoms. The number of aromatic nitrogens is 1. The minimum atomic E-state index is -0.779. The Labute approximate surface area is 179 Å². The quantitative estimate of drug-likeness (QED) is 0.248. The van der Waals surface area contributed by atoms with Crippen molar-refractivity contribution in [2.75, 3.05) is 16.1 Å². The monoisotopic (exact) mass is 421 g/mol. The Morgan fingerprint density at radius 3 is 2.52 bits per heavy atom. The number of primary amides is 2. The highest BCUT2D eigenvalue weighted by Gasteiger charge is 2.23. The third-order valence-electron chi connectivity index (χ3n) is 4.14. The summed E-state index contributed by atoms with van der Waals surface area (Å²) in [7, 11) is 0. The standard InChI is InChI=1S/C20H23N9O2/c1-11(2)16(18(24)31)27-19-12(10-22)8-15(17(23)30)20(28-19)26-13-4-3-5-14(9-13)29-25-7-6-21/h3-9,11,16,21,29H,1-2H3,(H2,23,30)(H2,24,31)(H2,26,27,28)/b21-6?,25-7-. The molecule has 1 heterocycles. The number of carbonyl (C=O) groups is 2. The number of nitrogens with one attached hydrogen (secondary N) is 4. The Kier molecular flexibility index (Phi) is 7.62. The lowest BCUT2D eigenvalue weighted by Crippen LogP contribution is -2.40. The normalized spacial score (nSPS) is 11.5. The summed E-state index contributed by atoms with van der Waals surface area (Å²) in [5.74, 6) is -1.35. The number of hydrazone groups is 1. The summed E-state index contributed by atoms with van der Waals surface area (Å²) in [6, 6.07) is 9.38. The van der Waals surface area contributed by atoms with Gasteiger partial charge in [0.25, 0.3) is 5.91 Å². The zero-order valence-electron chi connectivity index (χ0n) is 17.0. The van der Waals surface area contributed by atoms with Gasteiger partial charge in [-0.25, -0.2) is 4.98 Å². The summed E-state index contributed by atoms with van der Waals surface area (Å²) in [5.41, 5.74) is 14.9. The van der Waals surface area contributed by atoms with E-state index in [4.69, 9.17) is 16.9 Å². The van der Waals surface area contributed by atoms with Crippen molar-refractivity contribution in [3.05, 3.63) is 41.5 Å². The summed E-state index contributed by atoms with van der Waals surface area (Å²) in [4.78, 5) is 28.1. The van der Waals surface area contributed by atoms with Crippen LogP contribution in [0.1, 0.15) is 29.8 Å². The van der Waals surface area contributed by atoms with Crippen molar-refractivity contribution in [2.45, 2.75) is 19.9 Å². The van der Waals surface area contributed by atoms with Gasteiger partial charge in [0.15, 0.2) is 0 Å². The molecule has 0 radical (unpaired) electrons. The number of hydrogen-bond donors (Lipinski definition) is 6. The second-order valence-electron chi connectivity index (χ2n) is 6.79. The predicted octanol–water partition coefficient (Wildman–Crippen LogP) is 1.76. The van der Waals surface area contributed by atoms with E-state index in [2.05, 4.69) is 26.1 Å². The molecule has 31 heavy (non-hydrogen) atoms. The van der Waals surface area contributed by atoms with Crippen LogP contribution in [-0.2, 0) is 4.79 Å². The van der Waals surface area contributed by atoms with Crippen molar-refractivity contribution >= 4 is 47.3 Å². The highest BCUT2D eigenvalue weighted by atomic mass is 16.1. The largest absolute Gasteiger partial charge is 0.368 e. The van der Waals surface area contributed by atoms with E-state index in [1.165, 1.54) is 12.3 Å². The maximum Gasteiger partial charge on any atom is 0.252 e. The lowest BCUT2D eigenvalue weighted by molar-refractivity contribution is -0.119. The lowest BCUT2D eigenvalue weighted by atomic mass is 10.0. The number of benzene rings is 1. The molecule has 11 nitrogen and oxygen atoms in total. The Morgan fingerprint density at radius 2 is 1.94 bits per heavy atom. The number of nitrogens with zero attached hydrogens (tertiary/aromatic N) is 3. The number of nitrogens with two attached hydrogens (primary N) is 2. The summed E-state index contributed by atoms with van der Waals surface area (Å²) < 4.78 is 0. The topological polar surface area (TPSA) is 195 Å². The maximum absolute atomic E-state index is 12.0. The van der Waals surface area contributed by atoms with Crippen LogP contribution in [0.25, 0.3) is 0 Å². The molecule has 8 N–H and O–H groups in total. The molecule has 0 aliphatic carbocycles. The van der Waals surface area contributed by atoms with Gasteiger partial charge in [0.05, 0.1) is 23.0 Å². The molecule has 160 valence electrons. The van der Waals surface area contributed by atoms with Crippen molar-refractivity contribution < 1.29 is 9.59 Å². The first-order valence-electron chi connectivity index (χ1n) is 9.22. The molecule has 0 aliphatic rings. The van der Waals surface area contributed by atoms with Gasteiger partial charge in [0.2, 0.25) is 5.91 Å². The van der Waals surface area contributed by atoms with E-state index in [1.807, 2.05) is 6.07 Å². The van der Waals surface area contributed by atoms with Crippen LogP contribution in [0, 0.1) is 22.7 Å². The van der Waals surface area contributed by atoms with Crippen molar-refractivity contribution in [1.29, 1.82) is 10.7 Å². The van der Waals surface area contributed by atoms with Gasteiger partial charge in [0.1, 0.15) is 23.7 Å². The molecule has 1 aromatic carbocycles. The zero-order chi connectivity index (χ0) is 23.0. The van der Waals surface area contributed by atoms with Gasteiger partial charge < -0.3 is 27.5 Å². The Hall–Kier alpha value is -4.46. The summed E-state index contributed by atoms with van der Waals surface area (Å²) in [5, 5.41) is 26.1. The molecule has 2 rings (SSSR count). The summed E-state index contributed by atoms with van der Waals surface area (Å²) >= 11 is 0. The van der Waals surface area contributed by atoms with Crippen molar-refractivity contribution in [3.63, 3.8) is 0 Å². The second kappa shape index (κ2) is 10.4. The number of nitriles is 1. The van der Waals surface area contributed by atoms with Crippen LogP contribution in [-0.4, -0.2) is 35.3 Å². The van der Waals surface area contributed by atoms with E-state index in [-0.39, 0.29) is 28.7 Å². The van der Waals surface area contributed by atoms with E-state index in [0.29, 0.717) is 11.4 Å². The molecule has 1 aromatic heterocycles. The number of amides is 2. The van der Waals surface area contributed by atoms with Crippen LogP contribution >= 0.6 is 0 Å². The van der Waals surface area contributed by atoms with E-state index in [0.717, 1.165) is 6.21 Å². The van der Waals surface area contributed by atoms with E-state index < -0.39 is 17.9 Å². The molecule has 11 heteroatoms. The molecule has 2 amide bonds. The highest BCUT2D eigenvalue weighted by Crippen LogP contribution is 2.26. The third-order valence-corrected chi connectivity index (χ3v) is 4.14. The molecule has 1 atom stereocenters. The number of rotatable bonds is 10. The Balaban J connectivity index is 2.46. The molecular formula is C20H23N9O2. The van der Waals surface area contributed by atoms with Gasteiger partial charge in [-0.3, -0.25) is 15.0 Å². The second-order valence-corrected chi connectivity index (χ2v) is 6.79. The SMILES string of the molecule is CC(C)C(Nc1nc(Nc2cccc(N/N=C\C=N)c2)c(C(N)=O)cc1C#N)C(N)=O. The third kappa shape index (κ3) is 6.01. The summed E-state index contributed by atoms with van der Waals surface area (Å²) in [6.07, 6.45) is 2.30. The molecule has 0 aliphatic heterocycles. The molecule has 0 saturated heterocycles. The fraction of sp³-hybridized carbons (Fsp3) is 0.200. The fourth-order valence-electron chi connectivity index (χ4n) is 2.66. The van der Waals surface area contributed by atoms with Gasteiger partial charge in [0, 0.05) is 11.9 Å². The van der Waals surface area contributed by atoms with Crippen LogP contribution in [0.2, 0.25) is 0 Å². The van der Waals surface area contributed by atoms with E-state index >= 15 is 0 Å². The number of pyridine rings is 1. The average Bonchev–Trinajstić information content (AvgIpc) is 2.71. The molecule has 1 unspecified atom stereocenters. The van der Waals surface area contributed by atoms with E-state index in [1.54, 1.807) is 38.1 Å². The fourth-order valence-corrected chi connectivity index (χ4v) is 2.66. The zero-order valence-corrected chi connectivity index (χ0v) is 17.0. The van der Waals surface area contributed by atoms with Gasteiger partial charge in [-0.2, -0.15) is 10.4 Å². The molecule has 0 spiro atoms. The van der Waals surface area contributed by atoms with Crippen LogP contribution in [0.15, 0.2) is 35.4 Å². The first kappa shape index (κ1) is 22.8. The van der Waals surface area contributed by atoms with Gasteiger partial charge in [-0.15, -0.1) is 0 Å². The van der Waals surface area contributed by atoms with Crippen molar-refractivity contribution in [2.24, 2.45) is 22.5 Å². The van der Waals surface area contributed by atoms with Crippen molar-refractivity contribution in [1.82, 2.24) is 4.98 Å². The van der Waals surface area contributed by atoms with E-state index in [9.17, 15) is 14.9 Å². The molecule has 2 aromatic rings. The van der Waals surface area contributed by atoms with Gasteiger partial charge in [-0.1, -0.05) is 19.9 Å². The molecular weight excluding hydrogens is 398 g/mol. The average molecular weight is 421 g/mol. The van der Waals surface area contributed by atoms with Crippen LogP contribution in [0.3, 0.4) is 0 Å². The summed E-state index contributed by atoms with van der Waals surface area (Å²) in [6.45, 7) is 3.59. The first-order valence-corrected chi connectivity index (χ1v) is 9.22. The van der Waals surface area contributed by atoms with Crippen molar-refractivity contribution in [3.8, 4) is 6.07 Å². The Bertz CT molecular complexity index is 1060. The van der Waals surface area contributed by atoms with Crippen LogP contribution in [0.4, 0.5) is 23.0 Å². The van der Waals surface area contributed by atoms with Crippen LogP contribution in [0.5, 0.6) is 0 Å². The first-order chi connectivity index (χ1) is 14.8. The minimum Gasteiger partial charge on any atom is -0.368 e. The smallest absolute Gasteiger partial charge is 0.252 e. The highest BCUT2D eigenvalue weighted by molar-refractivity contribution is 6.14.